The number of halogens is 1. The summed E-state index contributed by atoms with van der Waals surface area (Å²) in [5.74, 6) is 1.52. The van der Waals surface area contributed by atoms with Crippen molar-refractivity contribution in [3.63, 3.8) is 0 Å². The van der Waals surface area contributed by atoms with E-state index >= 15 is 0 Å². The second-order valence-corrected chi connectivity index (χ2v) is 8.76. The monoisotopic (exact) mass is 377 g/mol. The summed E-state index contributed by atoms with van der Waals surface area (Å²) in [5, 5.41) is 0.782. The molecule has 0 spiro atoms. The Kier molecular flexibility index (Phi) is 6.13. The van der Waals surface area contributed by atoms with E-state index in [4.69, 9.17) is 11.6 Å². The third-order valence-electron chi connectivity index (χ3n) is 5.91. The average molecular weight is 378 g/mol. The number of rotatable bonds is 3. The number of hydrogen-bond donors (Lipinski definition) is 0. The molecule has 2 aliphatic rings. The van der Waals surface area contributed by atoms with E-state index in [-0.39, 0.29) is 6.04 Å². The Hall–Kier alpha value is -1.26. The van der Waals surface area contributed by atoms with Crippen LogP contribution in [0.1, 0.15) is 32.8 Å². The second-order valence-electron chi connectivity index (χ2n) is 8.32. The third kappa shape index (κ3) is 4.34. The van der Waals surface area contributed by atoms with Crippen molar-refractivity contribution in [3.05, 3.63) is 28.8 Å². The molecule has 0 radical (unpaired) electrons. The molecule has 144 valence electrons. The van der Waals surface area contributed by atoms with E-state index in [2.05, 4.69) is 54.5 Å². The third-order valence-corrected chi connectivity index (χ3v) is 6.15. The molecule has 2 heterocycles. The van der Waals surface area contributed by atoms with Crippen LogP contribution in [0.25, 0.3) is 0 Å². The Bertz CT molecular complexity index is 632. The number of carbonyl (C=O) groups excluding carboxylic acids is 1. The van der Waals surface area contributed by atoms with E-state index in [1.54, 1.807) is 0 Å². The number of aryl methyl sites for hydroxylation is 1. The highest BCUT2D eigenvalue weighted by Gasteiger charge is 2.32. The van der Waals surface area contributed by atoms with Crippen LogP contribution in [0.15, 0.2) is 18.2 Å². The van der Waals surface area contributed by atoms with Gasteiger partial charge in [-0.25, -0.2) is 0 Å². The first kappa shape index (κ1) is 19.5. The summed E-state index contributed by atoms with van der Waals surface area (Å²) in [6.45, 7) is 14.2. The number of carbonyl (C=O) groups is 1. The lowest BCUT2D eigenvalue weighted by Gasteiger charge is -2.42. The molecule has 0 unspecified atom stereocenters. The number of amides is 1. The molecule has 26 heavy (non-hydrogen) atoms. The van der Waals surface area contributed by atoms with Gasteiger partial charge in [-0.3, -0.25) is 9.69 Å². The van der Waals surface area contributed by atoms with Crippen LogP contribution in [0.5, 0.6) is 0 Å². The molecular formula is C21H32ClN3O. The fourth-order valence-corrected chi connectivity index (χ4v) is 4.70. The predicted molar refractivity (Wildman–Crippen MR) is 109 cm³/mol. The van der Waals surface area contributed by atoms with Crippen molar-refractivity contribution in [1.82, 2.24) is 9.80 Å². The second kappa shape index (κ2) is 8.18. The Balaban J connectivity index is 1.58. The lowest BCUT2D eigenvalue weighted by Crippen LogP contribution is -2.56. The van der Waals surface area contributed by atoms with Gasteiger partial charge in [0.25, 0.3) is 0 Å². The number of nitrogens with zero attached hydrogens (tertiary/aromatic N) is 3. The summed E-state index contributed by atoms with van der Waals surface area (Å²) < 4.78 is 0. The van der Waals surface area contributed by atoms with Gasteiger partial charge >= 0.3 is 0 Å². The number of piperidine rings is 1. The summed E-state index contributed by atoms with van der Waals surface area (Å²) in [4.78, 5) is 19.8. The van der Waals surface area contributed by atoms with Gasteiger partial charge in [-0.05, 0) is 49.8 Å². The maximum atomic E-state index is 13.0. The maximum absolute atomic E-state index is 13.0. The van der Waals surface area contributed by atoms with Crippen molar-refractivity contribution >= 4 is 23.2 Å². The van der Waals surface area contributed by atoms with Crippen LogP contribution in [0.2, 0.25) is 5.02 Å². The average Bonchev–Trinajstić information content (AvgIpc) is 2.62. The standard InChI is InChI=1S/C21H32ClN3O/c1-15-11-16(2)14-25(13-15)21(26)18(4)23-7-9-24(10-8-23)20-12-19(22)6-5-17(20)3/h5-6,12,15-16,18H,7-11,13-14H2,1-4H3/t15-,16+,18-/m0/s1. The van der Waals surface area contributed by atoms with Crippen LogP contribution in [0.4, 0.5) is 5.69 Å². The molecule has 0 bridgehead atoms. The highest BCUT2D eigenvalue weighted by atomic mass is 35.5. The first-order chi connectivity index (χ1) is 12.3. The first-order valence-corrected chi connectivity index (χ1v) is 10.3. The number of benzene rings is 1. The topological polar surface area (TPSA) is 26.8 Å². The SMILES string of the molecule is Cc1ccc(Cl)cc1N1CCN([C@@H](C)C(=O)N2C[C@H](C)C[C@H](C)C2)CC1. The minimum atomic E-state index is -0.0323. The van der Waals surface area contributed by atoms with Gasteiger partial charge in [-0.15, -0.1) is 0 Å². The molecular weight excluding hydrogens is 346 g/mol. The van der Waals surface area contributed by atoms with Crippen LogP contribution in [0.3, 0.4) is 0 Å². The zero-order valence-electron chi connectivity index (χ0n) is 16.5. The fourth-order valence-electron chi connectivity index (χ4n) is 4.54. The molecule has 1 aromatic rings. The number of likely N-dealkylation sites (tertiary alicyclic amines) is 1. The molecule has 5 heteroatoms. The van der Waals surface area contributed by atoms with E-state index in [0.717, 1.165) is 44.3 Å². The molecule has 1 amide bonds. The highest BCUT2D eigenvalue weighted by Crippen LogP contribution is 2.26. The van der Waals surface area contributed by atoms with E-state index in [1.165, 1.54) is 17.7 Å². The summed E-state index contributed by atoms with van der Waals surface area (Å²) in [6, 6.07) is 6.04. The van der Waals surface area contributed by atoms with Gasteiger partial charge in [0.15, 0.2) is 0 Å². The molecule has 0 saturated carbocycles. The summed E-state index contributed by atoms with van der Waals surface area (Å²) in [6.07, 6.45) is 1.23. The highest BCUT2D eigenvalue weighted by molar-refractivity contribution is 6.30. The number of anilines is 1. The molecule has 1 aromatic carbocycles. The van der Waals surface area contributed by atoms with Crippen molar-refractivity contribution in [2.75, 3.05) is 44.2 Å². The van der Waals surface area contributed by atoms with Crippen molar-refractivity contribution in [1.29, 1.82) is 0 Å². The zero-order valence-corrected chi connectivity index (χ0v) is 17.3. The Morgan fingerprint density at radius 3 is 2.35 bits per heavy atom. The molecule has 0 aromatic heterocycles. The zero-order chi connectivity index (χ0) is 18.8. The van der Waals surface area contributed by atoms with Crippen LogP contribution >= 0.6 is 11.6 Å². The molecule has 0 aliphatic carbocycles. The normalized spacial score (nSPS) is 26.0. The molecule has 0 N–H and O–H groups in total. The lowest BCUT2D eigenvalue weighted by atomic mass is 9.91. The molecule has 3 atom stereocenters. The van der Waals surface area contributed by atoms with Gasteiger partial charge in [0, 0.05) is 50.0 Å². The Labute approximate surface area is 163 Å². The Morgan fingerprint density at radius 2 is 1.73 bits per heavy atom. The minimum absolute atomic E-state index is 0.0323. The quantitative estimate of drug-likeness (QED) is 0.804. The predicted octanol–water partition coefficient (Wildman–Crippen LogP) is 3.66. The summed E-state index contributed by atoms with van der Waals surface area (Å²) >= 11 is 6.18. The van der Waals surface area contributed by atoms with Crippen molar-refractivity contribution < 1.29 is 4.79 Å². The molecule has 2 fully saturated rings. The van der Waals surface area contributed by atoms with E-state index in [1.807, 2.05) is 6.07 Å². The van der Waals surface area contributed by atoms with Gasteiger partial charge in [-0.2, -0.15) is 0 Å². The van der Waals surface area contributed by atoms with Gasteiger partial charge < -0.3 is 9.80 Å². The van der Waals surface area contributed by atoms with E-state index in [0.29, 0.717) is 17.7 Å². The van der Waals surface area contributed by atoms with E-state index in [9.17, 15) is 4.79 Å². The Morgan fingerprint density at radius 1 is 1.12 bits per heavy atom. The number of hydrogen-bond acceptors (Lipinski definition) is 3. The van der Waals surface area contributed by atoms with Gasteiger partial charge in [-0.1, -0.05) is 31.5 Å². The van der Waals surface area contributed by atoms with Crippen molar-refractivity contribution in [2.45, 2.75) is 40.2 Å². The molecule has 4 nitrogen and oxygen atoms in total. The molecule has 2 aliphatic heterocycles. The van der Waals surface area contributed by atoms with Crippen LogP contribution < -0.4 is 4.90 Å². The summed E-state index contributed by atoms with van der Waals surface area (Å²) in [5.41, 5.74) is 2.47. The van der Waals surface area contributed by atoms with Gasteiger partial charge in [0.1, 0.15) is 0 Å². The summed E-state index contributed by atoms with van der Waals surface area (Å²) in [7, 11) is 0. The fraction of sp³-hybridized carbons (Fsp3) is 0.667. The van der Waals surface area contributed by atoms with Gasteiger partial charge in [0.2, 0.25) is 5.91 Å². The number of piperazine rings is 1. The van der Waals surface area contributed by atoms with Crippen LogP contribution in [-0.2, 0) is 4.79 Å². The maximum Gasteiger partial charge on any atom is 0.239 e. The van der Waals surface area contributed by atoms with Crippen molar-refractivity contribution in [3.8, 4) is 0 Å². The van der Waals surface area contributed by atoms with Crippen LogP contribution in [-0.4, -0.2) is 61.0 Å². The lowest BCUT2D eigenvalue weighted by molar-refractivity contribution is -0.139. The smallest absolute Gasteiger partial charge is 0.239 e. The molecule has 3 rings (SSSR count). The van der Waals surface area contributed by atoms with E-state index < -0.39 is 0 Å². The van der Waals surface area contributed by atoms with Crippen molar-refractivity contribution in [2.24, 2.45) is 11.8 Å². The largest absolute Gasteiger partial charge is 0.369 e. The minimum Gasteiger partial charge on any atom is -0.369 e. The first-order valence-electron chi connectivity index (χ1n) is 9.89. The van der Waals surface area contributed by atoms with Crippen LogP contribution in [0, 0.1) is 18.8 Å². The molecule has 2 saturated heterocycles. The van der Waals surface area contributed by atoms with Gasteiger partial charge in [0.05, 0.1) is 6.04 Å².